The van der Waals surface area contributed by atoms with Gasteiger partial charge in [-0.15, -0.1) is 0 Å². The third kappa shape index (κ3) is 11.9. The van der Waals surface area contributed by atoms with Crippen molar-refractivity contribution in [3.05, 3.63) is 101 Å². The monoisotopic (exact) mass is 781 g/mol. The maximum Gasteiger partial charge on any atom is 0.422 e. The summed E-state index contributed by atoms with van der Waals surface area (Å²) in [7, 11) is 1.15. The molecular formula is C38H39ClF3N7O6. The third-order valence-electron chi connectivity index (χ3n) is 8.82. The van der Waals surface area contributed by atoms with Crippen molar-refractivity contribution in [2.75, 3.05) is 30.9 Å². The van der Waals surface area contributed by atoms with Gasteiger partial charge in [-0.1, -0.05) is 61.0 Å². The summed E-state index contributed by atoms with van der Waals surface area (Å²) in [5.41, 5.74) is 1.92. The number of hydrogen-bond acceptors (Lipinski definition) is 11. The molecule has 0 aliphatic heterocycles. The fourth-order valence-electron chi connectivity index (χ4n) is 5.58. The number of benzene rings is 3. The largest absolute Gasteiger partial charge is 0.467 e. The lowest BCUT2D eigenvalue weighted by molar-refractivity contribution is -0.154. The molecule has 0 saturated heterocycles. The van der Waals surface area contributed by atoms with E-state index >= 15 is 0 Å². The van der Waals surface area contributed by atoms with E-state index in [9.17, 15) is 32.3 Å². The zero-order valence-corrected chi connectivity index (χ0v) is 30.7. The molecule has 55 heavy (non-hydrogen) atoms. The minimum absolute atomic E-state index is 0.0230. The van der Waals surface area contributed by atoms with Crippen LogP contribution < -0.4 is 26.0 Å². The van der Waals surface area contributed by atoms with Gasteiger partial charge in [-0.3, -0.25) is 14.4 Å². The van der Waals surface area contributed by atoms with E-state index in [1.807, 2.05) is 49.4 Å². The van der Waals surface area contributed by atoms with Gasteiger partial charge in [0.25, 0.3) is 11.8 Å². The van der Waals surface area contributed by atoms with Gasteiger partial charge in [0.1, 0.15) is 6.04 Å². The van der Waals surface area contributed by atoms with E-state index in [1.165, 1.54) is 24.3 Å². The highest BCUT2D eigenvalue weighted by Crippen LogP contribution is 2.48. The summed E-state index contributed by atoms with van der Waals surface area (Å²) in [6.07, 6.45) is -2.72. The molecule has 1 aliphatic rings. The first-order chi connectivity index (χ1) is 26.2. The van der Waals surface area contributed by atoms with E-state index in [0.717, 1.165) is 18.2 Å². The van der Waals surface area contributed by atoms with Crippen LogP contribution in [0.25, 0.3) is 0 Å². The van der Waals surface area contributed by atoms with Crippen molar-refractivity contribution >= 4 is 52.8 Å². The molecule has 1 aliphatic carbocycles. The van der Waals surface area contributed by atoms with Gasteiger partial charge >= 0.3 is 18.2 Å². The molecule has 0 spiro atoms. The number of hydrogen-bond donors (Lipinski definition) is 4. The van der Waals surface area contributed by atoms with Crippen molar-refractivity contribution in [1.82, 2.24) is 25.6 Å². The van der Waals surface area contributed by atoms with Crippen LogP contribution in [0.2, 0.25) is 5.02 Å². The van der Waals surface area contributed by atoms with E-state index in [0.29, 0.717) is 30.0 Å². The maximum atomic E-state index is 13.1. The molecule has 5 rings (SSSR count). The normalized spacial score (nSPS) is 14.1. The SMILES string of the molecule is COC(=O)[C@H](CCNC(=O)C(=O)CCC(C)c1ccccc1)NC(=O)c1ccc(Nc2nc(NC3(c4ccc(Cl)cc4)CC3)nc(OCC(F)(F)F)n2)cc1. The molecule has 0 radical (unpaired) electrons. The minimum atomic E-state index is -4.63. The Hall–Kier alpha value is -5.77. The topological polar surface area (TPSA) is 174 Å². The van der Waals surface area contributed by atoms with Crippen LogP contribution in [0.5, 0.6) is 6.01 Å². The van der Waals surface area contributed by atoms with E-state index in [-0.39, 0.29) is 42.8 Å². The van der Waals surface area contributed by atoms with Crippen LogP contribution in [0.4, 0.5) is 30.8 Å². The summed E-state index contributed by atoms with van der Waals surface area (Å²) in [6, 6.07) is 20.9. The highest BCUT2D eigenvalue weighted by Gasteiger charge is 2.45. The Morgan fingerprint density at radius 3 is 2.20 bits per heavy atom. The Kier molecular flexibility index (Phi) is 13.3. The van der Waals surface area contributed by atoms with Gasteiger partial charge in [0, 0.05) is 29.2 Å². The van der Waals surface area contributed by atoms with Gasteiger partial charge in [-0.25, -0.2) is 4.79 Å². The number of ketones is 1. The van der Waals surface area contributed by atoms with Gasteiger partial charge in [0.2, 0.25) is 17.7 Å². The number of rotatable bonds is 18. The van der Waals surface area contributed by atoms with Crippen molar-refractivity contribution < 1.29 is 41.8 Å². The third-order valence-corrected chi connectivity index (χ3v) is 9.07. The van der Waals surface area contributed by atoms with Crippen molar-refractivity contribution in [3.8, 4) is 6.01 Å². The van der Waals surface area contributed by atoms with Crippen molar-refractivity contribution in [3.63, 3.8) is 0 Å². The summed E-state index contributed by atoms with van der Waals surface area (Å²) in [5, 5.41) is 11.7. The molecule has 1 fully saturated rings. The molecule has 1 heterocycles. The van der Waals surface area contributed by atoms with Gasteiger partial charge in [0.05, 0.1) is 12.6 Å². The Morgan fingerprint density at radius 1 is 0.891 bits per heavy atom. The maximum absolute atomic E-state index is 13.1. The molecule has 2 amide bonds. The lowest BCUT2D eigenvalue weighted by Crippen LogP contribution is -2.44. The highest BCUT2D eigenvalue weighted by atomic mass is 35.5. The predicted molar refractivity (Wildman–Crippen MR) is 197 cm³/mol. The van der Waals surface area contributed by atoms with Crippen molar-refractivity contribution in [2.24, 2.45) is 0 Å². The first kappa shape index (κ1) is 40.4. The fourth-order valence-corrected chi connectivity index (χ4v) is 5.70. The molecule has 1 unspecified atom stereocenters. The predicted octanol–water partition coefficient (Wildman–Crippen LogP) is 6.24. The summed E-state index contributed by atoms with van der Waals surface area (Å²) >= 11 is 6.03. The lowest BCUT2D eigenvalue weighted by Gasteiger charge is -2.19. The van der Waals surface area contributed by atoms with E-state index in [1.54, 1.807) is 12.1 Å². The van der Waals surface area contributed by atoms with Crippen LogP contribution in [0, 0.1) is 0 Å². The zero-order valence-electron chi connectivity index (χ0n) is 29.9. The Balaban J connectivity index is 1.18. The molecule has 13 nitrogen and oxygen atoms in total. The second-order valence-electron chi connectivity index (χ2n) is 13.0. The van der Waals surface area contributed by atoms with Gasteiger partial charge in [-0.2, -0.15) is 28.1 Å². The van der Waals surface area contributed by atoms with E-state index in [2.05, 4.69) is 36.2 Å². The number of methoxy groups -OCH3 is 1. The van der Waals surface area contributed by atoms with Crippen molar-refractivity contribution in [2.45, 2.75) is 62.7 Å². The van der Waals surface area contributed by atoms with Crippen LogP contribution in [0.1, 0.15) is 66.4 Å². The quantitative estimate of drug-likeness (QED) is 0.0665. The molecule has 1 saturated carbocycles. The molecule has 2 atom stereocenters. The average Bonchev–Trinajstić information content (AvgIpc) is 3.95. The number of aromatic nitrogens is 3. The Morgan fingerprint density at radius 2 is 1.56 bits per heavy atom. The number of carbonyl (C=O) groups is 4. The number of carbonyl (C=O) groups excluding carboxylic acids is 4. The minimum Gasteiger partial charge on any atom is -0.467 e. The number of esters is 1. The summed E-state index contributed by atoms with van der Waals surface area (Å²) < 4.78 is 48.5. The van der Waals surface area contributed by atoms with Crippen LogP contribution in [0.3, 0.4) is 0 Å². The lowest BCUT2D eigenvalue weighted by atomic mass is 9.95. The summed E-state index contributed by atoms with van der Waals surface area (Å²) in [4.78, 5) is 62.8. The zero-order chi connectivity index (χ0) is 39.6. The van der Waals surface area contributed by atoms with Crippen LogP contribution in [0.15, 0.2) is 78.9 Å². The highest BCUT2D eigenvalue weighted by molar-refractivity contribution is 6.36. The van der Waals surface area contributed by atoms with Crippen LogP contribution in [-0.2, 0) is 24.7 Å². The fraction of sp³-hybridized carbons (Fsp3) is 0.342. The number of nitrogens with one attached hydrogen (secondary N) is 4. The second-order valence-corrected chi connectivity index (χ2v) is 13.4. The summed E-state index contributed by atoms with van der Waals surface area (Å²) in [6.45, 7) is 0.273. The molecule has 4 aromatic rings. The number of anilines is 3. The number of nitrogens with zero attached hydrogens (tertiary/aromatic N) is 3. The van der Waals surface area contributed by atoms with E-state index < -0.39 is 53.9 Å². The van der Waals surface area contributed by atoms with Crippen LogP contribution in [-0.4, -0.2) is 71.0 Å². The summed E-state index contributed by atoms with van der Waals surface area (Å²) in [5.74, 6) is -2.83. The second kappa shape index (κ2) is 18.0. The smallest absolute Gasteiger partial charge is 0.422 e. The van der Waals surface area contributed by atoms with Gasteiger partial charge < -0.3 is 30.7 Å². The van der Waals surface area contributed by atoms with Crippen LogP contribution >= 0.6 is 11.6 Å². The Bertz CT molecular complexity index is 1960. The number of alkyl halides is 3. The van der Waals surface area contributed by atoms with E-state index in [4.69, 9.17) is 21.1 Å². The average molecular weight is 782 g/mol. The van der Waals surface area contributed by atoms with Crippen molar-refractivity contribution in [1.29, 1.82) is 0 Å². The first-order valence-corrected chi connectivity index (χ1v) is 17.7. The molecule has 17 heteroatoms. The number of amides is 2. The number of halogens is 4. The molecule has 1 aromatic heterocycles. The number of ether oxygens (including phenoxy) is 2. The van der Waals surface area contributed by atoms with Gasteiger partial charge in [0.15, 0.2) is 6.61 Å². The molecule has 4 N–H and O–H groups in total. The molecule has 0 bridgehead atoms. The Labute approximate surface area is 319 Å². The first-order valence-electron chi connectivity index (χ1n) is 17.4. The molecule has 3 aromatic carbocycles. The van der Waals surface area contributed by atoms with Gasteiger partial charge in [-0.05, 0) is 79.1 Å². The molecular weight excluding hydrogens is 743 g/mol. The standard InChI is InChI=1S/C38H39ClF3N7O6/c1-23(24-6-4-3-5-7-24)8-17-30(50)32(52)43-21-18-29(33(53)54-2)45-31(51)25-9-15-28(16-10-25)44-34-46-35(48-36(47-34)55-22-38(40,41)42)49-37(19-20-37)26-11-13-27(39)14-12-26/h3-7,9-16,23,29H,8,17-22H2,1-2H3,(H,43,52)(H,45,51)(H2,44,46,47,48,49)/t23?,29-/m0/s1. The molecule has 290 valence electrons. The number of Topliss-reactive ketones (excluding diaryl/α,β-unsaturated/α-hetero) is 1.